The highest BCUT2D eigenvalue weighted by atomic mass is 16.6. The maximum Gasteiger partial charge on any atom is 0.409 e. The lowest BCUT2D eigenvalue weighted by molar-refractivity contribution is -0.134. The first-order valence-corrected chi connectivity index (χ1v) is 8.77. The molecule has 28 heavy (non-hydrogen) atoms. The lowest BCUT2D eigenvalue weighted by Crippen LogP contribution is -2.48. The molecule has 1 amide bonds. The lowest BCUT2D eigenvalue weighted by atomic mass is 10.1. The number of aliphatic carboxylic acids is 2. The van der Waals surface area contributed by atoms with Crippen molar-refractivity contribution in [3.05, 3.63) is 42.0 Å². The molecule has 1 saturated heterocycles. The number of nitrogens with zero attached hydrogens (tertiary/aromatic N) is 2. The van der Waals surface area contributed by atoms with Gasteiger partial charge in [0.05, 0.1) is 13.7 Å². The van der Waals surface area contributed by atoms with Crippen LogP contribution in [0.25, 0.3) is 0 Å². The van der Waals surface area contributed by atoms with Gasteiger partial charge in [-0.1, -0.05) is 18.2 Å². The molecular formula is C19H26N2O7. The van der Waals surface area contributed by atoms with E-state index in [9.17, 15) is 14.4 Å². The SMILES string of the molecule is CCOC(=O)N1CCN(Cc2ccccc2OC)CC1.O=C(O)/C=C\C(=O)O. The summed E-state index contributed by atoms with van der Waals surface area (Å²) in [7, 11) is 1.69. The fraction of sp³-hybridized carbons (Fsp3) is 0.421. The minimum absolute atomic E-state index is 0.204. The smallest absolute Gasteiger partial charge is 0.409 e. The van der Waals surface area contributed by atoms with E-state index in [1.807, 2.05) is 25.1 Å². The maximum absolute atomic E-state index is 11.6. The van der Waals surface area contributed by atoms with Gasteiger partial charge in [0.2, 0.25) is 0 Å². The van der Waals surface area contributed by atoms with Gasteiger partial charge in [0.25, 0.3) is 0 Å². The van der Waals surface area contributed by atoms with Crippen LogP contribution < -0.4 is 4.74 Å². The van der Waals surface area contributed by atoms with E-state index in [0.29, 0.717) is 31.8 Å². The van der Waals surface area contributed by atoms with Crippen LogP contribution in [0.1, 0.15) is 12.5 Å². The number of carbonyl (C=O) groups is 3. The number of carbonyl (C=O) groups excluding carboxylic acids is 1. The summed E-state index contributed by atoms with van der Waals surface area (Å²) in [5, 5.41) is 15.6. The summed E-state index contributed by atoms with van der Waals surface area (Å²) >= 11 is 0. The van der Waals surface area contributed by atoms with E-state index in [1.165, 1.54) is 5.56 Å². The predicted molar refractivity (Wildman–Crippen MR) is 101 cm³/mol. The average Bonchev–Trinajstić information content (AvgIpc) is 2.68. The van der Waals surface area contributed by atoms with Gasteiger partial charge in [-0.3, -0.25) is 4.90 Å². The third-order valence-electron chi connectivity index (χ3n) is 3.85. The first-order chi connectivity index (χ1) is 13.4. The molecule has 1 heterocycles. The molecule has 9 nitrogen and oxygen atoms in total. The molecule has 2 rings (SSSR count). The molecule has 0 aromatic heterocycles. The first-order valence-electron chi connectivity index (χ1n) is 8.77. The molecular weight excluding hydrogens is 368 g/mol. The van der Waals surface area contributed by atoms with Crippen LogP contribution in [0.4, 0.5) is 4.79 Å². The van der Waals surface area contributed by atoms with E-state index in [-0.39, 0.29) is 6.09 Å². The second kappa shape index (κ2) is 12.3. The Bertz CT molecular complexity index is 667. The number of rotatable bonds is 6. The number of hydrogen-bond acceptors (Lipinski definition) is 6. The molecule has 0 unspecified atom stereocenters. The van der Waals surface area contributed by atoms with Crippen LogP contribution in [0.5, 0.6) is 5.75 Å². The summed E-state index contributed by atoms with van der Waals surface area (Å²) in [6.07, 6.45) is 0.912. The van der Waals surface area contributed by atoms with E-state index in [1.54, 1.807) is 12.0 Å². The monoisotopic (exact) mass is 394 g/mol. The van der Waals surface area contributed by atoms with Crippen molar-refractivity contribution < 1.29 is 34.1 Å². The molecule has 0 radical (unpaired) electrons. The lowest BCUT2D eigenvalue weighted by Gasteiger charge is -2.34. The molecule has 1 aromatic carbocycles. The second-order valence-corrected chi connectivity index (χ2v) is 5.78. The normalized spacial score (nSPS) is 14.1. The van der Waals surface area contributed by atoms with Crippen LogP contribution >= 0.6 is 0 Å². The number of para-hydroxylation sites is 1. The fourth-order valence-corrected chi connectivity index (χ4v) is 2.52. The number of benzene rings is 1. The Labute approximate surface area is 163 Å². The van der Waals surface area contributed by atoms with Crippen molar-refractivity contribution in [2.45, 2.75) is 13.5 Å². The predicted octanol–water partition coefficient (Wildman–Crippen LogP) is 1.68. The Balaban J connectivity index is 0.000000416. The third kappa shape index (κ3) is 8.54. The molecule has 2 N–H and O–H groups in total. The van der Waals surface area contributed by atoms with E-state index in [0.717, 1.165) is 25.4 Å². The van der Waals surface area contributed by atoms with Crippen LogP contribution in [0, 0.1) is 0 Å². The van der Waals surface area contributed by atoms with Gasteiger partial charge in [-0.25, -0.2) is 14.4 Å². The topological polar surface area (TPSA) is 117 Å². The maximum atomic E-state index is 11.6. The number of ether oxygens (including phenoxy) is 2. The van der Waals surface area contributed by atoms with E-state index in [2.05, 4.69) is 11.0 Å². The summed E-state index contributed by atoms with van der Waals surface area (Å²) in [4.78, 5) is 34.8. The Kier molecular flexibility index (Phi) is 10.1. The van der Waals surface area contributed by atoms with Gasteiger partial charge in [0, 0.05) is 50.4 Å². The number of carboxylic acids is 2. The molecule has 0 saturated carbocycles. The van der Waals surface area contributed by atoms with E-state index < -0.39 is 11.9 Å². The zero-order valence-electron chi connectivity index (χ0n) is 16.0. The molecule has 0 aliphatic carbocycles. The zero-order valence-corrected chi connectivity index (χ0v) is 16.0. The standard InChI is InChI=1S/C15H22N2O3.C4H4O4/c1-3-20-15(18)17-10-8-16(9-11-17)12-13-6-4-5-7-14(13)19-2;5-3(6)1-2-4(7)8/h4-7H,3,8-12H2,1-2H3;1-2H,(H,5,6)(H,7,8)/b;2-1-. The van der Waals surface area contributed by atoms with Gasteiger partial charge in [0.15, 0.2) is 0 Å². The van der Waals surface area contributed by atoms with Crippen LogP contribution in [-0.2, 0) is 20.9 Å². The van der Waals surface area contributed by atoms with Gasteiger partial charge < -0.3 is 24.6 Å². The van der Waals surface area contributed by atoms with Crippen molar-refractivity contribution >= 4 is 18.0 Å². The summed E-state index contributed by atoms with van der Waals surface area (Å²) in [5.41, 5.74) is 1.18. The highest BCUT2D eigenvalue weighted by molar-refractivity contribution is 5.89. The summed E-state index contributed by atoms with van der Waals surface area (Å²) in [6.45, 7) is 6.26. The van der Waals surface area contributed by atoms with Crippen molar-refractivity contribution in [1.29, 1.82) is 0 Å². The highest BCUT2D eigenvalue weighted by Crippen LogP contribution is 2.20. The summed E-state index contributed by atoms with van der Waals surface area (Å²) < 4.78 is 10.4. The first kappa shape index (κ1) is 23.0. The van der Waals surface area contributed by atoms with Gasteiger partial charge in [-0.05, 0) is 13.0 Å². The Hall–Kier alpha value is -3.07. The minimum atomic E-state index is -1.26. The largest absolute Gasteiger partial charge is 0.496 e. The molecule has 1 fully saturated rings. The molecule has 1 aliphatic rings. The fourth-order valence-electron chi connectivity index (χ4n) is 2.52. The van der Waals surface area contributed by atoms with Crippen molar-refractivity contribution in [3.8, 4) is 5.75 Å². The molecule has 154 valence electrons. The number of carboxylic acid groups (broad SMARTS) is 2. The van der Waals surface area contributed by atoms with Gasteiger partial charge in [-0.2, -0.15) is 0 Å². The molecule has 1 aliphatic heterocycles. The van der Waals surface area contributed by atoms with Crippen LogP contribution in [0.15, 0.2) is 36.4 Å². The number of hydrogen-bond donors (Lipinski definition) is 2. The molecule has 0 spiro atoms. The van der Waals surface area contributed by atoms with Crippen molar-refractivity contribution in [3.63, 3.8) is 0 Å². The zero-order chi connectivity index (χ0) is 20.9. The Morgan fingerprint density at radius 3 is 2.11 bits per heavy atom. The molecule has 9 heteroatoms. The van der Waals surface area contributed by atoms with Gasteiger partial charge in [-0.15, -0.1) is 0 Å². The number of piperazine rings is 1. The van der Waals surface area contributed by atoms with Crippen LogP contribution in [-0.4, -0.2) is 77.9 Å². The van der Waals surface area contributed by atoms with Crippen LogP contribution in [0.2, 0.25) is 0 Å². The Morgan fingerprint density at radius 2 is 1.61 bits per heavy atom. The average molecular weight is 394 g/mol. The molecule has 1 aromatic rings. The quantitative estimate of drug-likeness (QED) is 0.700. The van der Waals surface area contributed by atoms with Gasteiger partial charge in [0.1, 0.15) is 5.75 Å². The van der Waals surface area contributed by atoms with E-state index >= 15 is 0 Å². The van der Waals surface area contributed by atoms with E-state index in [4.69, 9.17) is 19.7 Å². The van der Waals surface area contributed by atoms with Crippen molar-refractivity contribution in [2.75, 3.05) is 39.9 Å². The second-order valence-electron chi connectivity index (χ2n) is 5.78. The number of amides is 1. The molecule has 0 atom stereocenters. The Morgan fingerprint density at radius 1 is 1.04 bits per heavy atom. The third-order valence-corrected chi connectivity index (χ3v) is 3.85. The highest BCUT2D eigenvalue weighted by Gasteiger charge is 2.22. The minimum Gasteiger partial charge on any atom is -0.496 e. The van der Waals surface area contributed by atoms with Gasteiger partial charge >= 0.3 is 18.0 Å². The molecule has 0 bridgehead atoms. The summed E-state index contributed by atoms with van der Waals surface area (Å²) in [5.74, 6) is -1.60. The summed E-state index contributed by atoms with van der Waals surface area (Å²) in [6, 6.07) is 8.05. The van der Waals surface area contributed by atoms with Crippen molar-refractivity contribution in [2.24, 2.45) is 0 Å². The van der Waals surface area contributed by atoms with Crippen LogP contribution in [0.3, 0.4) is 0 Å². The van der Waals surface area contributed by atoms with Crippen molar-refractivity contribution in [1.82, 2.24) is 9.80 Å². The number of methoxy groups -OCH3 is 1.